The van der Waals surface area contributed by atoms with E-state index in [1.165, 1.54) is 5.56 Å². The maximum Gasteiger partial charge on any atom is 0.166 e. The van der Waals surface area contributed by atoms with Gasteiger partial charge in [0.2, 0.25) is 0 Å². The lowest BCUT2D eigenvalue weighted by molar-refractivity contribution is 0.171. The summed E-state index contributed by atoms with van der Waals surface area (Å²) in [4.78, 5) is 0. The fourth-order valence-electron chi connectivity index (χ4n) is 3.05. The summed E-state index contributed by atoms with van der Waals surface area (Å²) < 4.78 is 11.3. The van der Waals surface area contributed by atoms with E-state index in [-0.39, 0.29) is 6.04 Å². The highest BCUT2D eigenvalue weighted by atomic mass is 32.1. The van der Waals surface area contributed by atoms with E-state index in [1.54, 1.807) is 0 Å². The molecular weight excluding hydrogens is 344 g/mol. The first-order valence-corrected chi connectivity index (χ1v) is 9.52. The van der Waals surface area contributed by atoms with Gasteiger partial charge in [0.05, 0.1) is 6.04 Å². The number of benzene rings is 2. The molecule has 0 radical (unpaired) electrons. The van der Waals surface area contributed by atoms with Crippen LogP contribution in [0.25, 0.3) is 0 Å². The van der Waals surface area contributed by atoms with Gasteiger partial charge in [-0.25, -0.2) is 0 Å². The van der Waals surface area contributed by atoms with Gasteiger partial charge in [-0.2, -0.15) is 0 Å². The molecule has 0 saturated carbocycles. The molecule has 2 aromatic rings. The second-order valence-corrected chi connectivity index (χ2v) is 7.17. The van der Waals surface area contributed by atoms with E-state index in [4.69, 9.17) is 21.7 Å². The molecule has 0 unspecified atom stereocenters. The Bertz CT molecular complexity index is 734. The average molecular weight is 371 g/mol. The lowest BCUT2D eigenvalue weighted by Crippen LogP contribution is -2.40. The number of fused-ring (bicyclic) bond motifs is 1. The molecule has 2 aromatic carbocycles. The van der Waals surface area contributed by atoms with Crippen molar-refractivity contribution in [3.05, 3.63) is 59.7 Å². The minimum Gasteiger partial charge on any atom is -0.486 e. The van der Waals surface area contributed by atoms with Crippen molar-refractivity contribution in [2.75, 3.05) is 19.8 Å². The maximum absolute atomic E-state index is 5.71. The predicted molar refractivity (Wildman–Crippen MR) is 109 cm³/mol. The molecule has 0 saturated heterocycles. The number of hydrogen-bond donors (Lipinski definition) is 2. The van der Waals surface area contributed by atoms with E-state index in [0.717, 1.165) is 30.0 Å². The first-order valence-electron chi connectivity index (χ1n) is 9.11. The number of ether oxygens (including phenoxy) is 2. The Labute approximate surface area is 160 Å². The zero-order valence-corrected chi connectivity index (χ0v) is 16.1. The summed E-state index contributed by atoms with van der Waals surface area (Å²) in [6.07, 6.45) is 0.943. The van der Waals surface area contributed by atoms with Crippen molar-refractivity contribution >= 4 is 17.3 Å². The first kappa shape index (κ1) is 18.5. The molecule has 0 fully saturated rings. The van der Waals surface area contributed by atoms with Crippen molar-refractivity contribution in [3.8, 4) is 11.5 Å². The molecule has 0 aromatic heterocycles. The largest absolute Gasteiger partial charge is 0.486 e. The predicted octanol–water partition coefficient (Wildman–Crippen LogP) is 3.86. The van der Waals surface area contributed by atoms with Crippen molar-refractivity contribution in [1.82, 2.24) is 10.6 Å². The van der Waals surface area contributed by atoms with E-state index in [1.807, 2.05) is 12.1 Å². The molecule has 0 amide bonds. The van der Waals surface area contributed by atoms with Crippen molar-refractivity contribution in [1.29, 1.82) is 0 Å². The van der Waals surface area contributed by atoms with E-state index < -0.39 is 0 Å². The highest BCUT2D eigenvalue weighted by Crippen LogP contribution is 2.34. The molecule has 138 valence electrons. The van der Waals surface area contributed by atoms with Gasteiger partial charge in [-0.15, -0.1) is 0 Å². The van der Waals surface area contributed by atoms with Crippen LogP contribution in [0.3, 0.4) is 0 Å². The summed E-state index contributed by atoms with van der Waals surface area (Å²) in [6, 6.07) is 16.6. The second kappa shape index (κ2) is 8.90. The number of nitrogens with one attached hydrogen (secondary N) is 2. The average Bonchev–Trinajstić information content (AvgIpc) is 2.66. The standard InChI is InChI=1S/C21H26N2O2S/c1-15(2)20(17-8-9-18-19(14-17)25-13-12-24-18)23-21(26)22-11-10-16-6-4-3-5-7-16/h3-9,14-15,20H,10-13H2,1-2H3,(H2,22,23,26)/t20-/m0/s1. The fourth-order valence-corrected chi connectivity index (χ4v) is 3.27. The molecule has 0 bridgehead atoms. The zero-order chi connectivity index (χ0) is 18.4. The van der Waals surface area contributed by atoms with Crippen molar-refractivity contribution < 1.29 is 9.47 Å². The van der Waals surface area contributed by atoms with Crippen LogP contribution < -0.4 is 20.1 Å². The normalized spacial score (nSPS) is 14.0. The topological polar surface area (TPSA) is 42.5 Å². The van der Waals surface area contributed by atoms with E-state index in [0.29, 0.717) is 24.2 Å². The Morgan fingerprint density at radius 3 is 2.50 bits per heavy atom. The third kappa shape index (κ3) is 4.88. The van der Waals surface area contributed by atoms with Gasteiger partial charge in [0, 0.05) is 6.54 Å². The molecule has 5 heteroatoms. The summed E-state index contributed by atoms with van der Waals surface area (Å²) in [7, 11) is 0. The minimum absolute atomic E-state index is 0.113. The molecule has 0 aliphatic carbocycles. The van der Waals surface area contributed by atoms with Crippen molar-refractivity contribution in [2.24, 2.45) is 5.92 Å². The third-order valence-corrected chi connectivity index (χ3v) is 4.68. The molecule has 4 nitrogen and oxygen atoms in total. The minimum atomic E-state index is 0.113. The Morgan fingerprint density at radius 2 is 1.77 bits per heavy atom. The molecule has 1 atom stereocenters. The molecule has 1 heterocycles. The van der Waals surface area contributed by atoms with Crippen LogP contribution in [0, 0.1) is 5.92 Å². The molecule has 3 rings (SSSR count). The number of hydrogen-bond acceptors (Lipinski definition) is 3. The Hall–Kier alpha value is -2.27. The van der Waals surface area contributed by atoms with Gasteiger partial charge < -0.3 is 20.1 Å². The highest BCUT2D eigenvalue weighted by molar-refractivity contribution is 7.80. The number of thiocarbonyl (C=S) groups is 1. The van der Waals surface area contributed by atoms with Gasteiger partial charge in [0.25, 0.3) is 0 Å². The second-order valence-electron chi connectivity index (χ2n) is 6.76. The summed E-state index contributed by atoms with van der Waals surface area (Å²) in [5.74, 6) is 2.00. The van der Waals surface area contributed by atoms with Gasteiger partial charge in [0.15, 0.2) is 16.6 Å². The summed E-state index contributed by atoms with van der Waals surface area (Å²) >= 11 is 5.51. The SMILES string of the molecule is CC(C)[C@H](NC(=S)NCCc1ccccc1)c1ccc2c(c1)OCCO2. The molecule has 1 aliphatic rings. The van der Waals surface area contributed by atoms with Crippen molar-refractivity contribution in [2.45, 2.75) is 26.3 Å². The van der Waals surface area contributed by atoms with Gasteiger partial charge >= 0.3 is 0 Å². The molecular formula is C21H26N2O2S. The lowest BCUT2D eigenvalue weighted by atomic mass is 9.95. The van der Waals surface area contributed by atoms with Crippen molar-refractivity contribution in [3.63, 3.8) is 0 Å². The van der Waals surface area contributed by atoms with Gasteiger partial charge in [-0.3, -0.25) is 0 Å². The third-order valence-electron chi connectivity index (χ3n) is 4.42. The van der Waals surface area contributed by atoms with Crippen LogP contribution >= 0.6 is 12.2 Å². The molecule has 0 spiro atoms. The fraction of sp³-hybridized carbons (Fsp3) is 0.381. The van der Waals surface area contributed by atoms with Crippen LogP contribution in [0.1, 0.15) is 31.0 Å². The van der Waals surface area contributed by atoms with Crippen LogP contribution in [-0.2, 0) is 6.42 Å². The lowest BCUT2D eigenvalue weighted by Gasteiger charge is -2.26. The van der Waals surface area contributed by atoms with Gasteiger partial charge in [0.1, 0.15) is 13.2 Å². The molecule has 2 N–H and O–H groups in total. The summed E-state index contributed by atoms with van der Waals surface area (Å²) in [5.41, 5.74) is 2.45. The van der Waals surface area contributed by atoms with E-state index in [9.17, 15) is 0 Å². The molecule has 1 aliphatic heterocycles. The Balaban J connectivity index is 1.58. The summed E-state index contributed by atoms with van der Waals surface area (Å²) in [6.45, 7) is 6.37. The van der Waals surface area contributed by atoms with Crippen LogP contribution in [0.15, 0.2) is 48.5 Å². The van der Waals surface area contributed by atoms with Gasteiger partial charge in [-0.05, 0) is 47.8 Å². The van der Waals surface area contributed by atoms with E-state index >= 15 is 0 Å². The van der Waals surface area contributed by atoms with Crippen LogP contribution in [0.4, 0.5) is 0 Å². The summed E-state index contributed by atoms with van der Waals surface area (Å²) in [5, 5.41) is 7.44. The van der Waals surface area contributed by atoms with Crippen LogP contribution in [0.2, 0.25) is 0 Å². The Morgan fingerprint density at radius 1 is 1.04 bits per heavy atom. The van der Waals surface area contributed by atoms with Crippen LogP contribution in [0.5, 0.6) is 11.5 Å². The maximum atomic E-state index is 5.71. The van der Waals surface area contributed by atoms with Crippen LogP contribution in [-0.4, -0.2) is 24.9 Å². The van der Waals surface area contributed by atoms with E-state index in [2.05, 4.69) is 60.9 Å². The first-order chi connectivity index (χ1) is 12.6. The molecule has 26 heavy (non-hydrogen) atoms. The smallest absolute Gasteiger partial charge is 0.166 e. The van der Waals surface area contributed by atoms with Gasteiger partial charge in [-0.1, -0.05) is 50.2 Å². The zero-order valence-electron chi connectivity index (χ0n) is 15.3. The monoisotopic (exact) mass is 370 g/mol. The highest BCUT2D eigenvalue weighted by Gasteiger charge is 2.20. The quantitative estimate of drug-likeness (QED) is 0.756. The Kier molecular flexibility index (Phi) is 6.34. The number of rotatable bonds is 6.